The van der Waals surface area contributed by atoms with E-state index in [4.69, 9.17) is 11.6 Å². The molecular weight excluding hydrogens is 206 g/mol. The van der Waals surface area contributed by atoms with Crippen LogP contribution in [-0.4, -0.2) is 14.5 Å². The van der Waals surface area contributed by atoms with Crippen molar-refractivity contribution in [1.29, 1.82) is 0 Å². The number of nitrogens with zero attached hydrogens (tertiary/aromatic N) is 3. The van der Waals surface area contributed by atoms with Gasteiger partial charge in [0.2, 0.25) is 0 Å². The predicted octanol–water partition coefficient (Wildman–Crippen LogP) is 2.68. The summed E-state index contributed by atoms with van der Waals surface area (Å²) in [6.45, 7) is 2.97. The van der Waals surface area contributed by atoms with Crippen molar-refractivity contribution in [2.75, 3.05) is 0 Å². The van der Waals surface area contributed by atoms with Crippen LogP contribution in [0, 0.1) is 0 Å². The van der Waals surface area contributed by atoms with Gasteiger partial charge in [0.25, 0.3) is 0 Å². The van der Waals surface area contributed by atoms with Gasteiger partial charge in [0.05, 0.1) is 0 Å². The molecular formula is C8H8ClN3S. The molecule has 0 aliphatic carbocycles. The molecule has 0 radical (unpaired) electrons. The minimum Gasteiger partial charge on any atom is -0.329 e. The molecule has 5 heteroatoms. The number of rotatable bonds is 2. The monoisotopic (exact) mass is 213 g/mol. The van der Waals surface area contributed by atoms with Crippen LogP contribution in [0.25, 0.3) is 10.8 Å². The number of hydrogen-bond acceptors (Lipinski definition) is 3. The van der Waals surface area contributed by atoms with Crippen molar-refractivity contribution >= 4 is 22.9 Å². The van der Waals surface area contributed by atoms with Crippen LogP contribution in [0.5, 0.6) is 0 Å². The first kappa shape index (κ1) is 8.72. The first-order valence-electron chi connectivity index (χ1n) is 3.93. The summed E-state index contributed by atoms with van der Waals surface area (Å²) in [4.78, 5) is 8.39. The van der Waals surface area contributed by atoms with E-state index < -0.39 is 0 Å². The number of halogens is 1. The number of aromatic nitrogens is 3. The van der Waals surface area contributed by atoms with E-state index in [2.05, 4.69) is 16.9 Å². The van der Waals surface area contributed by atoms with Crippen LogP contribution in [-0.2, 0) is 6.54 Å². The van der Waals surface area contributed by atoms with Crippen molar-refractivity contribution < 1.29 is 0 Å². The van der Waals surface area contributed by atoms with Crippen LogP contribution in [0.2, 0.25) is 5.15 Å². The van der Waals surface area contributed by atoms with E-state index in [1.54, 1.807) is 6.20 Å². The highest BCUT2D eigenvalue weighted by molar-refractivity contribution is 7.13. The molecule has 2 heterocycles. The molecule has 0 unspecified atom stereocenters. The summed E-state index contributed by atoms with van der Waals surface area (Å²) in [5.74, 6) is 0.888. The molecule has 2 rings (SSSR count). The lowest BCUT2D eigenvalue weighted by Gasteiger charge is -1.99. The fraction of sp³-hybridized carbons (Fsp3) is 0.250. The lowest BCUT2D eigenvalue weighted by Crippen LogP contribution is -1.95. The van der Waals surface area contributed by atoms with Gasteiger partial charge in [-0.3, -0.25) is 0 Å². The van der Waals surface area contributed by atoms with Crippen molar-refractivity contribution in [2.45, 2.75) is 13.5 Å². The topological polar surface area (TPSA) is 30.7 Å². The molecule has 0 spiro atoms. The maximum absolute atomic E-state index is 5.74. The molecule has 2 aromatic heterocycles. The second kappa shape index (κ2) is 3.47. The Kier molecular flexibility index (Phi) is 2.33. The molecule has 0 aliphatic rings. The van der Waals surface area contributed by atoms with Gasteiger partial charge < -0.3 is 4.57 Å². The maximum atomic E-state index is 5.74. The number of hydrogen-bond donors (Lipinski definition) is 0. The summed E-state index contributed by atoms with van der Waals surface area (Å²) in [5, 5.41) is 3.22. The Morgan fingerprint density at radius 2 is 2.46 bits per heavy atom. The van der Waals surface area contributed by atoms with Crippen molar-refractivity contribution in [3.63, 3.8) is 0 Å². The van der Waals surface area contributed by atoms with Crippen molar-refractivity contribution in [1.82, 2.24) is 14.5 Å². The predicted molar refractivity (Wildman–Crippen MR) is 54.0 cm³/mol. The fourth-order valence-corrected chi connectivity index (χ4v) is 2.08. The Bertz CT molecular complexity index is 407. The van der Waals surface area contributed by atoms with E-state index in [9.17, 15) is 0 Å². The normalized spacial score (nSPS) is 10.6. The molecule has 0 saturated carbocycles. The molecule has 0 fully saturated rings. The third-order valence-electron chi connectivity index (χ3n) is 1.72. The van der Waals surface area contributed by atoms with Crippen LogP contribution in [0.3, 0.4) is 0 Å². The first-order chi connectivity index (χ1) is 6.31. The van der Waals surface area contributed by atoms with E-state index in [-0.39, 0.29) is 0 Å². The fourth-order valence-electron chi connectivity index (χ4n) is 1.12. The average molecular weight is 214 g/mol. The van der Waals surface area contributed by atoms with Gasteiger partial charge in [-0.2, -0.15) is 0 Å². The summed E-state index contributed by atoms with van der Waals surface area (Å²) < 4.78 is 2.04. The summed E-state index contributed by atoms with van der Waals surface area (Å²) in [6, 6.07) is 0. The molecule has 0 bridgehead atoms. The summed E-state index contributed by atoms with van der Waals surface area (Å²) >= 11 is 7.25. The van der Waals surface area contributed by atoms with Crippen LogP contribution in [0.15, 0.2) is 17.8 Å². The summed E-state index contributed by atoms with van der Waals surface area (Å²) in [5.41, 5.74) is 0. The van der Waals surface area contributed by atoms with Crippen molar-refractivity contribution in [3.8, 4) is 10.8 Å². The zero-order valence-electron chi connectivity index (χ0n) is 7.07. The maximum Gasteiger partial charge on any atom is 0.169 e. The zero-order chi connectivity index (χ0) is 9.26. The van der Waals surface area contributed by atoms with E-state index in [0.717, 1.165) is 17.4 Å². The lowest BCUT2D eigenvalue weighted by atomic mass is 10.6. The van der Waals surface area contributed by atoms with E-state index >= 15 is 0 Å². The Hall–Kier alpha value is -0.870. The standard InChI is InChI=1S/C8H8ClN3S/c1-2-12-4-3-10-7(12)8-11-6(9)5-13-8/h3-5H,2H2,1H3. The first-order valence-corrected chi connectivity index (χ1v) is 5.19. The van der Waals surface area contributed by atoms with Gasteiger partial charge in [-0.1, -0.05) is 11.6 Å². The highest BCUT2D eigenvalue weighted by Gasteiger charge is 2.08. The highest BCUT2D eigenvalue weighted by atomic mass is 35.5. The third-order valence-corrected chi connectivity index (χ3v) is 2.88. The SMILES string of the molecule is CCn1ccnc1-c1nc(Cl)cs1. The molecule has 0 saturated heterocycles. The van der Waals surface area contributed by atoms with Gasteiger partial charge in [0, 0.05) is 24.3 Å². The number of thiazole rings is 1. The number of aryl methyl sites for hydroxylation is 1. The molecule has 2 aromatic rings. The van der Waals surface area contributed by atoms with Gasteiger partial charge in [0.1, 0.15) is 5.15 Å². The van der Waals surface area contributed by atoms with Crippen molar-refractivity contribution in [2.24, 2.45) is 0 Å². The molecule has 13 heavy (non-hydrogen) atoms. The molecule has 0 aliphatic heterocycles. The van der Waals surface area contributed by atoms with Gasteiger partial charge in [-0.05, 0) is 6.92 Å². The zero-order valence-corrected chi connectivity index (χ0v) is 8.64. The molecule has 0 amide bonds. The third kappa shape index (κ3) is 1.59. The van der Waals surface area contributed by atoms with Crippen LogP contribution in [0.1, 0.15) is 6.92 Å². The highest BCUT2D eigenvalue weighted by Crippen LogP contribution is 2.24. The average Bonchev–Trinajstić information content (AvgIpc) is 2.71. The molecule has 3 nitrogen and oxygen atoms in total. The second-order valence-corrected chi connectivity index (χ2v) is 3.76. The van der Waals surface area contributed by atoms with Crippen molar-refractivity contribution in [3.05, 3.63) is 22.9 Å². The van der Waals surface area contributed by atoms with Crippen LogP contribution < -0.4 is 0 Å². The van der Waals surface area contributed by atoms with Gasteiger partial charge in [0.15, 0.2) is 10.8 Å². The largest absolute Gasteiger partial charge is 0.329 e. The molecule has 68 valence electrons. The van der Waals surface area contributed by atoms with Crippen LogP contribution in [0.4, 0.5) is 0 Å². The minimum atomic E-state index is 0.533. The van der Waals surface area contributed by atoms with E-state index in [0.29, 0.717) is 5.15 Å². The quantitative estimate of drug-likeness (QED) is 0.768. The smallest absolute Gasteiger partial charge is 0.169 e. The van der Waals surface area contributed by atoms with Gasteiger partial charge >= 0.3 is 0 Å². The second-order valence-electron chi connectivity index (χ2n) is 2.51. The van der Waals surface area contributed by atoms with Gasteiger partial charge in [-0.25, -0.2) is 9.97 Å². The number of imidazole rings is 1. The lowest BCUT2D eigenvalue weighted by molar-refractivity contribution is 0.770. The van der Waals surface area contributed by atoms with Gasteiger partial charge in [-0.15, -0.1) is 11.3 Å². The Morgan fingerprint density at radius 3 is 3.08 bits per heavy atom. The Morgan fingerprint density at radius 1 is 1.62 bits per heavy atom. The Labute approximate surface area is 85.0 Å². The molecule has 0 aromatic carbocycles. The Balaban J connectivity index is 2.45. The van der Waals surface area contributed by atoms with E-state index in [1.807, 2.05) is 16.1 Å². The van der Waals surface area contributed by atoms with E-state index in [1.165, 1.54) is 11.3 Å². The van der Waals surface area contributed by atoms with Crippen LogP contribution >= 0.6 is 22.9 Å². The molecule has 0 atom stereocenters. The summed E-state index contributed by atoms with van der Waals surface area (Å²) in [7, 11) is 0. The molecule has 0 N–H and O–H groups in total. The summed E-state index contributed by atoms with van der Waals surface area (Å²) in [6.07, 6.45) is 3.71. The minimum absolute atomic E-state index is 0.533.